The number of hydrazone groups is 2. The van der Waals surface area contributed by atoms with Crippen molar-refractivity contribution in [2.75, 3.05) is 10.0 Å². The van der Waals surface area contributed by atoms with Gasteiger partial charge in [-0.1, -0.05) is 5.01 Å². The minimum Gasteiger partial charge on any atom is -0.478 e. The van der Waals surface area contributed by atoms with Gasteiger partial charge in [0.1, 0.15) is 17.4 Å². The number of ether oxygens (including phenoxy) is 1. The quantitative estimate of drug-likeness (QED) is 0.495. The maximum Gasteiger partial charge on any atom is 0.335 e. The molecule has 2 heterocycles. The zero-order valence-electron chi connectivity index (χ0n) is 17.7. The molecule has 2 N–H and O–H groups in total. The van der Waals surface area contributed by atoms with Gasteiger partial charge in [0.05, 0.1) is 22.5 Å². The minimum absolute atomic E-state index is 0.110. The molecule has 2 aliphatic rings. The molecule has 10 heteroatoms. The van der Waals surface area contributed by atoms with E-state index in [-0.39, 0.29) is 17.4 Å². The summed E-state index contributed by atoms with van der Waals surface area (Å²) >= 11 is 0. The van der Waals surface area contributed by atoms with Crippen molar-refractivity contribution in [2.45, 2.75) is 13.8 Å². The van der Waals surface area contributed by atoms with Gasteiger partial charge in [-0.25, -0.2) is 4.79 Å². The van der Waals surface area contributed by atoms with Crippen LogP contribution in [0, 0.1) is 5.92 Å². The molecular weight excluding hydrogens is 428 g/mol. The number of hydrazine groups is 1. The second-order valence-corrected chi connectivity index (χ2v) is 7.39. The average Bonchev–Trinajstić information content (AvgIpc) is 3.25. The number of anilines is 2. The number of carbonyl (C=O) groups is 4. The lowest BCUT2D eigenvalue weighted by Gasteiger charge is -2.12. The average molecular weight is 447 g/mol. The van der Waals surface area contributed by atoms with E-state index >= 15 is 0 Å². The summed E-state index contributed by atoms with van der Waals surface area (Å²) in [7, 11) is 0. The van der Waals surface area contributed by atoms with E-state index in [2.05, 4.69) is 10.2 Å². The monoisotopic (exact) mass is 447 g/mol. The first-order valence-corrected chi connectivity index (χ1v) is 9.90. The Morgan fingerprint density at radius 2 is 1.70 bits per heavy atom. The van der Waals surface area contributed by atoms with E-state index in [1.54, 1.807) is 44.2 Å². The predicted molar refractivity (Wildman–Crippen MR) is 118 cm³/mol. The molecule has 0 radical (unpaired) electrons. The molecule has 1 unspecified atom stereocenters. The van der Waals surface area contributed by atoms with Crippen molar-refractivity contribution in [3.63, 3.8) is 0 Å². The number of carboxylic acids is 1. The fourth-order valence-electron chi connectivity index (χ4n) is 3.54. The molecule has 2 aromatic rings. The molecule has 33 heavy (non-hydrogen) atoms. The highest BCUT2D eigenvalue weighted by Gasteiger charge is 2.41. The zero-order valence-corrected chi connectivity index (χ0v) is 17.7. The van der Waals surface area contributed by atoms with Crippen molar-refractivity contribution in [3.8, 4) is 5.75 Å². The number of carbonyl (C=O) groups excluding carboxylic acids is 3. The van der Waals surface area contributed by atoms with E-state index < -0.39 is 11.9 Å². The SMILES string of the molecule is CC1=NN(c2ccc(OC=O)cc2)C(=O)C1=CC1C(=O)N(c2ccc(C(=O)O)cc2)[NH+]=C1C. The van der Waals surface area contributed by atoms with E-state index in [1.165, 1.54) is 34.3 Å². The molecule has 0 aliphatic carbocycles. The largest absolute Gasteiger partial charge is 0.478 e. The summed E-state index contributed by atoms with van der Waals surface area (Å²) in [5.41, 5.74) is 2.44. The van der Waals surface area contributed by atoms with Crippen LogP contribution in [0.5, 0.6) is 5.75 Å². The van der Waals surface area contributed by atoms with Crippen LogP contribution in [0.1, 0.15) is 24.2 Å². The number of carboxylic acid groups (broad SMARTS) is 1. The van der Waals surface area contributed by atoms with Crippen LogP contribution in [0.3, 0.4) is 0 Å². The topological polar surface area (TPSA) is 131 Å². The highest BCUT2D eigenvalue weighted by Crippen LogP contribution is 2.27. The van der Waals surface area contributed by atoms with Crippen LogP contribution in [-0.4, -0.2) is 40.8 Å². The van der Waals surface area contributed by atoms with Crippen LogP contribution in [-0.2, 0) is 14.4 Å². The molecule has 0 fully saturated rings. The third-order valence-electron chi connectivity index (χ3n) is 5.27. The maximum absolute atomic E-state index is 13.1. The summed E-state index contributed by atoms with van der Waals surface area (Å²) < 4.78 is 4.76. The summed E-state index contributed by atoms with van der Waals surface area (Å²) in [6.07, 6.45) is 1.57. The van der Waals surface area contributed by atoms with Crippen LogP contribution in [0.25, 0.3) is 0 Å². The number of rotatable bonds is 6. The van der Waals surface area contributed by atoms with Gasteiger partial charge in [-0.3, -0.25) is 14.4 Å². The summed E-state index contributed by atoms with van der Waals surface area (Å²) in [6.45, 7) is 3.73. The molecule has 0 spiro atoms. The molecule has 4 rings (SSSR count). The Hall–Kier alpha value is -4.60. The van der Waals surface area contributed by atoms with Gasteiger partial charge in [-0.05, 0) is 61.5 Å². The number of amides is 2. The Kier molecular flexibility index (Phi) is 5.57. The molecule has 0 bridgehead atoms. The molecule has 2 aromatic carbocycles. The molecule has 2 aliphatic heterocycles. The second kappa shape index (κ2) is 8.50. The van der Waals surface area contributed by atoms with E-state index in [0.717, 1.165) is 0 Å². The van der Waals surface area contributed by atoms with Crippen molar-refractivity contribution in [1.82, 2.24) is 0 Å². The Labute approximate surface area is 188 Å². The predicted octanol–water partition coefficient (Wildman–Crippen LogP) is 0.688. The van der Waals surface area contributed by atoms with Crippen molar-refractivity contribution in [2.24, 2.45) is 11.0 Å². The normalized spacial score (nSPS) is 19.1. The third-order valence-corrected chi connectivity index (χ3v) is 5.27. The van der Waals surface area contributed by atoms with E-state index in [0.29, 0.717) is 40.6 Å². The van der Waals surface area contributed by atoms with E-state index in [1.807, 2.05) is 0 Å². The fraction of sp³-hybridized carbons (Fsp3) is 0.130. The molecule has 0 saturated carbocycles. The highest BCUT2D eigenvalue weighted by atomic mass is 16.5. The van der Waals surface area contributed by atoms with Crippen LogP contribution >= 0.6 is 0 Å². The summed E-state index contributed by atoms with van der Waals surface area (Å²) in [5, 5.41) is 18.9. The van der Waals surface area contributed by atoms with Crippen LogP contribution in [0.15, 0.2) is 65.3 Å². The summed E-state index contributed by atoms with van der Waals surface area (Å²) in [5.74, 6) is -2.13. The Morgan fingerprint density at radius 3 is 2.30 bits per heavy atom. The van der Waals surface area contributed by atoms with Gasteiger partial charge in [0, 0.05) is 6.92 Å². The van der Waals surface area contributed by atoms with Gasteiger partial charge < -0.3 is 9.84 Å². The molecule has 0 aromatic heterocycles. The number of hydrogen-bond donors (Lipinski definition) is 2. The first kappa shape index (κ1) is 21.6. The van der Waals surface area contributed by atoms with Gasteiger partial charge >= 0.3 is 5.97 Å². The Balaban J connectivity index is 1.56. The Bertz CT molecular complexity index is 1240. The first-order chi connectivity index (χ1) is 15.8. The third kappa shape index (κ3) is 4.01. The number of nitrogens with zero attached hydrogens (tertiary/aromatic N) is 3. The lowest BCUT2D eigenvalue weighted by Crippen LogP contribution is -2.81. The lowest BCUT2D eigenvalue weighted by atomic mass is 9.98. The van der Waals surface area contributed by atoms with Crippen LogP contribution in [0.4, 0.5) is 11.4 Å². The van der Waals surface area contributed by atoms with Gasteiger partial charge in [-0.15, -0.1) is 5.10 Å². The summed E-state index contributed by atoms with van der Waals surface area (Å²) in [4.78, 5) is 47.6. The lowest BCUT2D eigenvalue weighted by molar-refractivity contribution is -0.455. The van der Waals surface area contributed by atoms with Crippen molar-refractivity contribution < 1.29 is 34.1 Å². The van der Waals surface area contributed by atoms with E-state index in [9.17, 15) is 19.2 Å². The number of nitrogens with one attached hydrogen (secondary N) is 1. The molecule has 0 saturated heterocycles. The molecule has 166 valence electrons. The van der Waals surface area contributed by atoms with Gasteiger partial charge in [0.2, 0.25) is 0 Å². The molecule has 2 amide bonds. The number of benzene rings is 2. The molecular formula is C23H19N4O6+. The van der Waals surface area contributed by atoms with E-state index in [4.69, 9.17) is 9.84 Å². The van der Waals surface area contributed by atoms with Gasteiger partial charge in [0.25, 0.3) is 18.3 Å². The number of aromatic carboxylic acids is 1. The number of hydrogen-bond acceptors (Lipinski definition) is 6. The fourth-order valence-corrected chi connectivity index (χ4v) is 3.54. The van der Waals surface area contributed by atoms with Crippen molar-refractivity contribution >= 4 is 47.1 Å². The standard InChI is InChI=1S/C23H18N4O6/c1-13-19(21(29)26(24-13)16-5-3-15(4-6-16)23(31)32)11-20-14(2)25-27(22(20)30)17-7-9-18(10-8-17)33-12-28/h3-12,19H,1-2H3,(H,31,32)/p+1. The molecule has 10 nitrogen and oxygen atoms in total. The molecule has 1 atom stereocenters. The van der Waals surface area contributed by atoms with Crippen molar-refractivity contribution in [1.29, 1.82) is 0 Å². The van der Waals surface area contributed by atoms with Crippen LogP contribution in [0.2, 0.25) is 0 Å². The van der Waals surface area contributed by atoms with Crippen molar-refractivity contribution in [3.05, 3.63) is 65.7 Å². The van der Waals surface area contributed by atoms with Gasteiger partial charge in [0.15, 0.2) is 5.71 Å². The van der Waals surface area contributed by atoms with Gasteiger partial charge in [-0.2, -0.15) is 10.1 Å². The second-order valence-electron chi connectivity index (χ2n) is 7.39. The highest BCUT2D eigenvalue weighted by molar-refractivity contribution is 6.30. The zero-order chi connectivity index (χ0) is 23.7. The smallest absolute Gasteiger partial charge is 0.335 e. The van der Waals surface area contributed by atoms with Crippen LogP contribution < -0.4 is 19.9 Å². The summed E-state index contributed by atoms with van der Waals surface area (Å²) in [6, 6.07) is 12.2. The maximum atomic E-state index is 13.1. The Morgan fingerprint density at radius 1 is 1.06 bits per heavy atom. The first-order valence-electron chi connectivity index (χ1n) is 9.90. The minimum atomic E-state index is -1.06.